The van der Waals surface area contributed by atoms with E-state index in [1.54, 1.807) is 0 Å². The van der Waals surface area contributed by atoms with Crippen LogP contribution in [0, 0.1) is 13.8 Å². The van der Waals surface area contributed by atoms with Gasteiger partial charge < -0.3 is 9.42 Å². The molecule has 1 aliphatic rings. The third-order valence-corrected chi connectivity index (χ3v) is 3.44. The first-order valence-corrected chi connectivity index (χ1v) is 6.58. The fraction of sp³-hybridized carbons (Fsp3) is 0.538. The molecule has 3 rings (SSSR count). The average Bonchev–Trinajstić information content (AvgIpc) is 2.86. The molecule has 0 radical (unpaired) electrons. The van der Waals surface area contributed by atoms with Crippen molar-refractivity contribution in [1.82, 2.24) is 20.3 Å². The van der Waals surface area contributed by atoms with Crippen LogP contribution in [0.15, 0.2) is 16.7 Å². The quantitative estimate of drug-likeness (QED) is 0.820. The molecule has 1 saturated heterocycles. The van der Waals surface area contributed by atoms with E-state index in [-0.39, 0.29) is 0 Å². The first-order chi connectivity index (χ1) is 9.22. The van der Waals surface area contributed by atoms with Crippen molar-refractivity contribution in [3.8, 4) is 0 Å². The van der Waals surface area contributed by atoms with E-state index in [1.165, 1.54) is 0 Å². The van der Waals surface area contributed by atoms with E-state index < -0.39 is 0 Å². The summed E-state index contributed by atoms with van der Waals surface area (Å²) in [5.41, 5.74) is 0.936. The Labute approximate surface area is 111 Å². The third kappa shape index (κ3) is 2.57. The lowest BCUT2D eigenvalue weighted by atomic mass is 9.97. The van der Waals surface area contributed by atoms with Crippen LogP contribution in [-0.4, -0.2) is 33.4 Å². The second kappa shape index (κ2) is 4.95. The van der Waals surface area contributed by atoms with Crippen LogP contribution in [0.2, 0.25) is 0 Å². The molecule has 6 nitrogen and oxygen atoms in total. The molecule has 0 saturated carbocycles. The van der Waals surface area contributed by atoms with E-state index in [1.807, 2.05) is 26.0 Å². The van der Waals surface area contributed by atoms with Crippen LogP contribution >= 0.6 is 0 Å². The maximum atomic E-state index is 5.07. The average molecular weight is 259 g/mol. The van der Waals surface area contributed by atoms with Crippen LogP contribution in [0.5, 0.6) is 0 Å². The molecule has 19 heavy (non-hydrogen) atoms. The van der Waals surface area contributed by atoms with Crippen molar-refractivity contribution in [1.29, 1.82) is 0 Å². The van der Waals surface area contributed by atoms with Crippen molar-refractivity contribution in [2.24, 2.45) is 0 Å². The molecule has 0 spiro atoms. The summed E-state index contributed by atoms with van der Waals surface area (Å²) in [6.45, 7) is 5.64. The van der Waals surface area contributed by atoms with E-state index in [0.717, 1.165) is 43.3 Å². The zero-order valence-corrected chi connectivity index (χ0v) is 11.2. The van der Waals surface area contributed by atoms with Crippen molar-refractivity contribution in [2.75, 3.05) is 18.0 Å². The highest BCUT2D eigenvalue weighted by Gasteiger charge is 2.25. The van der Waals surface area contributed by atoms with Crippen LogP contribution in [-0.2, 0) is 0 Å². The first kappa shape index (κ1) is 12.1. The van der Waals surface area contributed by atoms with Gasteiger partial charge in [-0.3, -0.25) is 0 Å². The summed E-state index contributed by atoms with van der Waals surface area (Å²) in [6.07, 6.45) is 2.20. The van der Waals surface area contributed by atoms with Gasteiger partial charge in [0.25, 0.3) is 0 Å². The van der Waals surface area contributed by atoms with E-state index in [9.17, 15) is 0 Å². The molecular weight excluding hydrogens is 242 g/mol. The predicted molar refractivity (Wildman–Crippen MR) is 70.0 cm³/mol. The summed E-state index contributed by atoms with van der Waals surface area (Å²) in [5.74, 6) is 2.68. The fourth-order valence-corrected chi connectivity index (χ4v) is 2.44. The molecular formula is C13H17N5O. The van der Waals surface area contributed by atoms with Crippen molar-refractivity contribution in [3.63, 3.8) is 0 Å². The van der Waals surface area contributed by atoms with Crippen molar-refractivity contribution >= 4 is 5.82 Å². The summed E-state index contributed by atoms with van der Waals surface area (Å²) in [7, 11) is 0. The number of nitrogens with zero attached hydrogens (tertiary/aromatic N) is 5. The van der Waals surface area contributed by atoms with Crippen molar-refractivity contribution < 1.29 is 4.52 Å². The summed E-state index contributed by atoms with van der Waals surface area (Å²) in [5, 5.41) is 12.4. The monoisotopic (exact) mass is 259 g/mol. The number of rotatable bonds is 2. The van der Waals surface area contributed by atoms with E-state index in [0.29, 0.717) is 11.8 Å². The second-order valence-electron chi connectivity index (χ2n) is 4.99. The SMILES string of the molecule is Cc1ccc(N2CCC[C@@H](c3noc(C)n3)C2)nn1. The Morgan fingerprint density at radius 3 is 2.84 bits per heavy atom. The fourth-order valence-electron chi connectivity index (χ4n) is 2.44. The minimum Gasteiger partial charge on any atom is -0.354 e. The maximum Gasteiger partial charge on any atom is 0.223 e. The highest BCUT2D eigenvalue weighted by Crippen LogP contribution is 2.27. The van der Waals surface area contributed by atoms with Gasteiger partial charge in [-0.15, -0.1) is 5.10 Å². The topological polar surface area (TPSA) is 67.9 Å². The minimum absolute atomic E-state index is 0.314. The summed E-state index contributed by atoms with van der Waals surface area (Å²) in [6, 6.07) is 4.01. The van der Waals surface area contributed by atoms with Gasteiger partial charge in [0.1, 0.15) is 0 Å². The zero-order chi connectivity index (χ0) is 13.2. The van der Waals surface area contributed by atoms with Gasteiger partial charge in [-0.05, 0) is 31.9 Å². The molecule has 0 amide bonds. The van der Waals surface area contributed by atoms with Gasteiger partial charge in [0, 0.05) is 25.9 Å². The van der Waals surface area contributed by atoms with Crippen molar-refractivity contribution in [2.45, 2.75) is 32.6 Å². The summed E-state index contributed by atoms with van der Waals surface area (Å²) >= 11 is 0. The van der Waals surface area contributed by atoms with Gasteiger partial charge in [0.15, 0.2) is 11.6 Å². The molecule has 1 atom stereocenters. The number of aryl methyl sites for hydroxylation is 2. The van der Waals surface area contributed by atoms with Crippen LogP contribution in [0.3, 0.4) is 0 Å². The van der Waals surface area contributed by atoms with Gasteiger partial charge in [0.05, 0.1) is 5.69 Å². The molecule has 0 aliphatic carbocycles. The lowest BCUT2D eigenvalue weighted by Crippen LogP contribution is -2.35. The Bertz CT molecular complexity index is 550. The standard InChI is InChI=1S/C13H17N5O/c1-9-5-6-12(16-15-9)18-7-3-4-11(8-18)13-14-10(2)19-17-13/h5-6,11H,3-4,7-8H2,1-2H3/t11-/m1/s1. The molecule has 2 aromatic heterocycles. The Hall–Kier alpha value is -1.98. The zero-order valence-electron chi connectivity index (χ0n) is 11.2. The lowest BCUT2D eigenvalue weighted by Gasteiger charge is -2.31. The molecule has 0 aromatic carbocycles. The molecule has 100 valence electrons. The molecule has 0 bridgehead atoms. The van der Waals surface area contributed by atoms with Gasteiger partial charge >= 0.3 is 0 Å². The van der Waals surface area contributed by atoms with E-state index in [4.69, 9.17) is 4.52 Å². The number of anilines is 1. The normalized spacial score (nSPS) is 19.7. The van der Waals surface area contributed by atoms with Gasteiger partial charge in [0.2, 0.25) is 5.89 Å². The Morgan fingerprint density at radius 1 is 1.26 bits per heavy atom. The molecule has 0 N–H and O–H groups in total. The molecule has 6 heteroatoms. The third-order valence-electron chi connectivity index (χ3n) is 3.44. The van der Waals surface area contributed by atoms with Gasteiger partial charge in [-0.25, -0.2) is 0 Å². The predicted octanol–water partition coefficient (Wildman–Crippen LogP) is 1.86. The largest absolute Gasteiger partial charge is 0.354 e. The molecule has 0 unspecified atom stereocenters. The number of aromatic nitrogens is 4. The van der Waals surface area contributed by atoms with E-state index >= 15 is 0 Å². The first-order valence-electron chi connectivity index (χ1n) is 6.58. The van der Waals surface area contributed by atoms with E-state index in [2.05, 4.69) is 25.2 Å². The second-order valence-corrected chi connectivity index (χ2v) is 4.99. The highest BCUT2D eigenvalue weighted by molar-refractivity contribution is 5.38. The number of hydrogen-bond donors (Lipinski definition) is 0. The van der Waals surface area contributed by atoms with Crippen LogP contribution in [0.4, 0.5) is 5.82 Å². The summed E-state index contributed by atoms with van der Waals surface area (Å²) < 4.78 is 5.07. The van der Waals surface area contributed by atoms with Crippen molar-refractivity contribution in [3.05, 3.63) is 29.5 Å². The molecule has 1 fully saturated rings. The molecule has 2 aromatic rings. The Kier molecular flexibility index (Phi) is 3.15. The van der Waals surface area contributed by atoms with Crippen LogP contribution < -0.4 is 4.90 Å². The number of piperidine rings is 1. The van der Waals surface area contributed by atoms with Gasteiger partial charge in [-0.1, -0.05) is 5.16 Å². The number of hydrogen-bond acceptors (Lipinski definition) is 6. The Balaban J connectivity index is 1.76. The van der Waals surface area contributed by atoms with Gasteiger partial charge in [-0.2, -0.15) is 10.1 Å². The van der Waals surface area contributed by atoms with Crippen LogP contribution in [0.1, 0.15) is 36.2 Å². The smallest absolute Gasteiger partial charge is 0.223 e. The maximum absolute atomic E-state index is 5.07. The molecule has 1 aliphatic heterocycles. The lowest BCUT2D eigenvalue weighted by molar-refractivity contribution is 0.376. The summed E-state index contributed by atoms with van der Waals surface area (Å²) in [4.78, 5) is 6.58. The Morgan fingerprint density at radius 2 is 2.16 bits per heavy atom. The minimum atomic E-state index is 0.314. The molecule has 3 heterocycles. The highest BCUT2D eigenvalue weighted by atomic mass is 16.5. The van der Waals surface area contributed by atoms with Crippen LogP contribution in [0.25, 0.3) is 0 Å².